The summed E-state index contributed by atoms with van der Waals surface area (Å²) in [7, 11) is 11.7. The highest BCUT2D eigenvalue weighted by Crippen LogP contribution is 2.49. The average molecular weight is 377 g/mol. The van der Waals surface area contributed by atoms with Gasteiger partial charge in [-0.15, -0.1) is 37.0 Å². The molecule has 0 heterocycles. The Labute approximate surface area is 129 Å². The molecule has 0 aliphatic carbocycles. The zero-order chi connectivity index (χ0) is 15.7. The van der Waals surface area contributed by atoms with Crippen LogP contribution in [-0.2, 0) is 5.16 Å². The van der Waals surface area contributed by atoms with Gasteiger partial charge in [-0.25, -0.2) is 13.2 Å². The van der Waals surface area contributed by atoms with E-state index in [1.807, 2.05) is 0 Å². The molecule has 8 atom stereocenters. The van der Waals surface area contributed by atoms with Crippen LogP contribution in [0.15, 0.2) is 18.2 Å². The molecule has 114 valence electrons. The van der Waals surface area contributed by atoms with Gasteiger partial charge in [-0.3, -0.25) is 0 Å². The molecule has 2 N–H and O–H groups in total. The molecule has 0 amide bonds. The molecule has 20 heavy (non-hydrogen) atoms. The second kappa shape index (κ2) is 7.49. The third-order valence-electron chi connectivity index (χ3n) is 3.23. The molecule has 0 aliphatic rings. The van der Waals surface area contributed by atoms with E-state index in [9.17, 15) is 13.2 Å². The van der Waals surface area contributed by atoms with Crippen molar-refractivity contribution in [2.45, 2.75) is 28.6 Å². The molecular formula is C11H19F3NP5. The summed E-state index contributed by atoms with van der Waals surface area (Å²) in [6, 6.07) is 4.78. The van der Waals surface area contributed by atoms with Crippen LogP contribution in [0.4, 0.5) is 18.9 Å². The van der Waals surface area contributed by atoms with Gasteiger partial charge in [-0.05, 0) is 17.2 Å². The van der Waals surface area contributed by atoms with Gasteiger partial charge in [0.1, 0.15) is 5.91 Å². The van der Waals surface area contributed by atoms with Crippen molar-refractivity contribution in [3.63, 3.8) is 0 Å². The van der Waals surface area contributed by atoms with Crippen molar-refractivity contribution in [1.29, 1.82) is 0 Å². The molecule has 1 aromatic carbocycles. The lowest BCUT2D eigenvalue weighted by Gasteiger charge is -2.36. The van der Waals surface area contributed by atoms with Crippen LogP contribution < -0.4 is 5.73 Å². The second-order valence-electron chi connectivity index (χ2n) is 4.56. The first-order valence-corrected chi connectivity index (χ1v) is 9.00. The highest BCUT2D eigenvalue weighted by molar-refractivity contribution is 7.40. The van der Waals surface area contributed by atoms with E-state index in [1.54, 1.807) is 18.2 Å². The number of alkyl halides is 3. The lowest BCUT2D eigenvalue weighted by atomic mass is 9.96. The van der Waals surface area contributed by atoms with Crippen LogP contribution in [0.25, 0.3) is 0 Å². The van der Waals surface area contributed by atoms with Crippen molar-refractivity contribution < 1.29 is 13.2 Å². The fourth-order valence-corrected chi connectivity index (χ4v) is 3.88. The molecule has 1 aromatic rings. The summed E-state index contributed by atoms with van der Waals surface area (Å²) in [5, 5.41) is -1.11. The van der Waals surface area contributed by atoms with Crippen molar-refractivity contribution in [2.24, 2.45) is 0 Å². The smallest absolute Gasteiger partial charge is 0.248 e. The number of hydrogen-bond acceptors (Lipinski definition) is 1. The zero-order valence-electron chi connectivity index (χ0n) is 10.6. The topological polar surface area (TPSA) is 26.0 Å². The van der Waals surface area contributed by atoms with Gasteiger partial charge in [-0.2, -0.15) is 0 Å². The van der Waals surface area contributed by atoms with Crippen LogP contribution in [0.2, 0.25) is 0 Å². The van der Waals surface area contributed by atoms with Crippen LogP contribution >= 0.6 is 46.2 Å². The van der Waals surface area contributed by atoms with Gasteiger partial charge in [-0.1, -0.05) is 21.4 Å². The molecule has 8 unspecified atom stereocenters. The Morgan fingerprint density at radius 1 is 1.05 bits per heavy atom. The molecule has 1 nitrogen and oxygen atoms in total. The van der Waals surface area contributed by atoms with Crippen LogP contribution in [-0.4, -0.2) is 17.7 Å². The van der Waals surface area contributed by atoms with Gasteiger partial charge >= 0.3 is 0 Å². The van der Waals surface area contributed by atoms with E-state index in [0.29, 0.717) is 11.1 Å². The Hall–Kier alpha value is 0.960. The summed E-state index contributed by atoms with van der Waals surface area (Å²) in [6.07, 6.45) is -2.54. The van der Waals surface area contributed by atoms with Gasteiger partial charge in [0.05, 0.1) is 10.8 Å². The number of nitrogen functional groups attached to an aromatic ring is 1. The first-order valence-electron chi connectivity index (χ1n) is 5.75. The number of halogens is 3. The highest BCUT2D eigenvalue weighted by atomic mass is 31.1. The number of benzene rings is 1. The summed E-state index contributed by atoms with van der Waals surface area (Å²) >= 11 is 0. The Morgan fingerprint density at radius 2 is 1.60 bits per heavy atom. The molecule has 0 aromatic heterocycles. The van der Waals surface area contributed by atoms with E-state index in [1.165, 1.54) is 0 Å². The van der Waals surface area contributed by atoms with E-state index in [4.69, 9.17) is 5.73 Å². The number of hydrogen-bond donors (Lipinski definition) is 1. The van der Waals surface area contributed by atoms with E-state index in [2.05, 4.69) is 46.2 Å². The summed E-state index contributed by atoms with van der Waals surface area (Å²) in [5.74, 6) is -1.25. The summed E-state index contributed by atoms with van der Waals surface area (Å²) in [6.45, 7) is 0. The molecule has 0 saturated heterocycles. The SMILES string of the molecule is Nc1ccc(C(P)(C(F)P)C(P)P)cc1C(P)C(F)F. The third kappa shape index (κ3) is 3.83. The Kier molecular flexibility index (Phi) is 7.11. The Morgan fingerprint density at radius 3 is 2.00 bits per heavy atom. The van der Waals surface area contributed by atoms with Crippen LogP contribution in [0.5, 0.6) is 0 Å². The van der Waals surface area contributed by atoms with Crippen molar-refractivity contribution >= 4 is 51.9 Å². The minimum atomic E-state index is -2.54. The van der Waals surface area contributed by atoms with Gasteiger partial charge in [0.2, 0.25) is 6.43 Å². The van der Waals surface area contributed by atoms with Crippen molar-refractivity contribution in [3.8, 4) is 0 Å². The summed E-state index contributed by atoms with van der Waals surface area (Å²) in [4.78, 5) is 0. The maximum absolute atomic E-state index is 14.0. The van der Waals surface area contributed by atoms with E-state index in [0.717, 1.165) is 0 Å². The normalized spacial score (nSPS) is 18.1. The maximum Gasteiger partial charge on any atom is 0.248 e. The lowest BCUT2D eigenvalue weighted by molar-refractivity contribution is 0.145. The van der Waals surface area contributed by atoms with Crippen molar-refractivity contribution in [3.05, 3.63) is 29.3 Å². The fraction of sp³-hybridized carbons (Fsp3) is 0.455. The second-order valence-corrected chi connectivity index (χ2v) is 9.03. The Balaban J connectivity index is 3.37. The van der Waals surface area contributed by atoms with Crippen molar-refractivity contribution in [2.75, 3.05) is 5.73 Å². The molecule has 0 radical (unpaired) electrons. The highest BCUT2D eigenvalue weighted by Gasteiger charge is 2.38. The van der Waals surface area contributed by atoms with Gasteiger partial charge in [0, 0.05) is 11.1 Å². The number of rotatable bonds is 5. The molecule has 0 fully saturated rings. The fourth-order valence-electron chi connectivity index (χ4n) is 1.80. The number of anilines is 1. The molecule has 9 heteroatoms. The molecule has 1 rings (SSSR count). The summed E-state index contributed by atoms with van der Waals surface area (Å²) in [5.41, 5.74) is 5.90. The van der Waals surface area contributed by atoms with E-state index in [-0.39, 0.29) is 11.1 Å². The van der Waals surface area contributed by atoms with Gasteiger partial charge in [0.15, 0.2) is 0 Å². The number of nitrogens with two attached hydrogens (primary N) is 1. The predicted molar refractivity (Wildman–Crippen MR) is 98.5 cm³/mol. The van der Waals surface area contributed by atoms with Gasteiger partial charge < -0.3 is 5.73 Å². The quantitative estimate of drug-likeness (QED) is 0.614. The minimum Gasteiger partial charge on any atom is -0.398 e. The maximum atomic E-state index is 14.0. The first kappa shape index (κ1) is 19.0. The standard InChI is InChI=1S/C11H19F3NP5/c12-8(13)7(16)5-3-4(1-2-6(5)15)11(20,9(14)17)10(18)19/h1-3,7-10H,15-20H2. The molecule has 0 aliphatic heterocycles. The lowest BCUT2D eigenvalue weighted by Crippen LogP contribution is -2.33. The first-order chi connectivity index (χ1) is 9.12. The Bertz CT molecular complexity index is 461. The van der Waals surface area contributed by atoms with E-state index < -0.39 is 23.2 Å². The predicted octanol–water partition coefficient (Wildman–Crippen LogP) is 3.77. The molecular weight excluding hydrogens is 358 g/mol. The largest absolute Gasteiger partial charge is 0.398 e. The van der Waals surface area contributed by atoms with Crippen LogP contribution in [0.1, 0.15) is 16.8 Å². The minimum absolute atomic E-state index is 0.189. The molecule has 0 spiro atoms. The van der Waals surface area contributed by atoms with Crippen LogP contribution in [0, 0.1) is 0 Å². The van der Waals surface area contributed by atoms with Crippen LogP contribution in [0.3, 0.4) is 0 Å². The molecule has 0 bridgehead atoms. The third-order valence-corrected chi connectivity index (χ3v) is 7.72. The van der Waals surface area contributed by atoms with E-state index >= 15 is 0 Å². The van der Waals surface area contributed by atoms with Crippen molar-refractivity contribution in [1.82, 2.24) is 0 Å². The van der Waals surface area contributed by atoms with Gasteiger partial charge in [0.25, 0.3) is 0 Å². The zero-order valence-corrected chi connectivity index (χ0v) is 16.4. The summed E-state index contributed by atoms with van der Waals surface area (Å²) < 4.78 is 39.8. The monoisotopic (exact) mass is 377 g/mol. The average Bonchev–Trinajstić information content (AvgIpc) is 2.36. The molecule has 0 saturated carbocycles.